The second-order valence-corrected chi connectivity index (χ2v) is 6.32. The highest BCUT2D eigenvalue weighted by atomic mass is 16.5. The van der Waals surface area contributed by atoms with E-state index in [0.29, 0.717) is 11.3 Å². The SMILES string of the molecule is CCCCCCCOc1ccc(C(=O)Nc2ccc(N)cc2C)cc1. The number of benzene rings is 2. The van der Waals surface area contributed by atoms with Gasteiger partial charge in [-0.2, -0.15) is 0 Å². The van der Waals surface area contributed by atoms with Crippen molar-refractivity contribution in [3.63, 3.8) is 0 Å². The molecule has 4 heteroatoms. The lowest BCUT2D eigenvalue weighted by Gasteiger charge is -2.10. The molecule has 0 saturated carbocycles. The fourth-order valence-corrected chi connectivity index (χ4v) is 2.62. The van der Waals surface area contributed by atoms with Crippen molar-refractivity contribution in [2.75, 3.05) is 17.7 Å². The van der Waals surface area contributed by atoms with Gasteiger partial charge < -0.3 is 15.8 Å². The van der Waals surface area contributed by atoms with E-state index < -0.39 is 0 Å². The summed E-state index contributed by atoms with van der Waals surface area (Å²) in [5, 5.41) is 2.91. The molecule has 3 N–H and O–H groups in total. The Morgan fingerprint density at radius 1 is 1.04 bits per heavy atom. The molecule has 0 spiro atoms. The Hall–Kier alpha value is -2.49. The van der Waals surface area contributed by atoms with E-state index in [9.17, 15) is 4.79 Å². The van der Waals surface area contributed by atoms with Crippen molar-refractivity contribution >= 4 is 17.3 Å². The number of amides is 1. The van der Waals surface area contributed by atoms with Crippen LogP contribution in [0.25, 0.3) is 0 Å². The first-order valence-electron chi connectivity index (χ1n) is 9.00. The van der Waals surface area contributed by atoms with Gasteiger partial charge in [0.15, 0.2) is 0 Å². The minimum atomic E-state index is -0.140. The summed E-state index contributed by atoms with van der Waals surface area (Å²) in [4.78, 5) is 12.3. The number of hydrogen-bond acceptors (Lipinski definition) is 3. The van der Waals surface area contributed by atoms with Gasteiger partial charge in [-0.15, -0.1) is 0 Å². The molecule has 25 heavy (non-hydrogen) atoms. The van der Waals surface area contributed by atoms with Gasteiger partial charge in [0, 0.05) is 16.9 Å². The molecule has 4 nitrogen and oxygen atoms in total. The van der Waals surface area contributed by atoms with E-state index in [-0.39, 0.29) is 5.91 Å². The molecule has 134 valence electrons. The molecular formula is C21H28N2O2. The Labute approximate surface area is 150 Å². The van der Waals surface area contributed by atoms with Gasteiger partial charge in [-0.05, 0) is 61.4 Å². The Morgan fingerprint density at radius 3 is 2.44 bits per heavy atom. The number of carbonyl (C=O) groups is 1. The van der Waals surface area contributed by atoms with Crippen molar-refractivity contribution in [2.45, 2.75) is 46.0 Å². The van der Waals surface area contributed by atoms with E-state index in [1.807, 2.05) is 31.2 Å². The lowest BCUT2D eigenvalue weighted by Crippen LogP contribution is -2.12. The number of nitrogens with two attached hydrogens (primary N) is 1. The van der Waals surface area contributed by atoms with Crippen LogP contribution in [0.3, 0.4) is 0 Å². The smallest absolute Gasteiger partial charge is 0.255 e. The average Bonchev–Trinajstić information content (AvgIpc) is 2.61. The van der Waals surface area contributed by atoms with Crippen molar-refractivity contribution in [2.24, 2.45) is 0 Å². The van der Waals surface area contributed by atoms with E-state index in [2.05, 4.69) is 12.2 Å². The lowest BCUT2D eigenvalue weighted by atomic mass is 10.1. The molecule has 0 aromatic heterocycles. The van der Waals surface area contributed by atoms with Crippen molar-refractivity contribution in [3.8, 4) is 5.75 Å². The summed E-state index contributed by atoms with van der Waals surface area (Å²) in [6, 6.07) is 12.7. The first-order chi connectivity index (χ1) is 12.1. The molecule has 0 aliphatic carbocycles. The van der Waals surface area contributed by atoms with E-state index >= 15 is 0 Å². The summed E-state index contributed by atoms with van der Waals surface area (Å²) in [5.41, 5.74) is 8.73. The normalized spacial score (nSPS) is 10.5. The Morgan fingerprint density at radius 2 is 1.76 bits per heavy atom. The first kappa shape index (κ1) is 18.8. The minimum Gasteiger partial charge on any atom is -0.494 e. The van der Waals surface area contributed by atoms with Crippen LogP contribution in [0.5, 0.6) is 5.75 Å². The van der Waals surface area contributed by atoms with Crippen LogP contribution in [0.2, 0.25) is 0 Å². The molecule has 0 fully saturated rings. The maximum absolute atomic E-state index is 12.3. The molecule has 0 bridgehead atoms. The van der Waals surface area contributed by atoms with E-state index in [1.165, 1.54) is 25.7 Å². The van der Waals surface area contributed by atoms with E-state index in [1.54, 1.807) is 18.2 Å². The number of anilines is 2. The van der Waals surface area contributed by atoms with Gasteiger partial charge in [0.2, 0.25) is 0 Å². The lowest BCUT2D eigenvalue weighted by molar-refractivity contribution is 0.102. The molecule has 0 atom stereocenters. The quantitative estimate of drug-likeness (QED) is 0.488. The van der Waals surface area contributed by atoms with Gasteiger partial charge in [0.05, 0.1) is 6.61 Å². The van der Waals surface area contributed by atoms with Gasteiger partial charge in [-0.3, -0.25) is 4.79 Å². The van der Waals surface area contributed by atoms with Crippen LogP contribution < -0.4 is 15.8 Å². The van der Waals surface area contributed by atoms with Crippen LogP contribution in [0.1, 0.15) is 54.9 Å². The predicted molar refractivity (Wildman–Crippen MR) is 104 cm³/mol. The van der Waals surface area contributed by atoms with E-state index in [0.717, 1.165) is 30.0 Å². The summed E-state index contributed by atoms with van der Waals surface area (Å²) in [5.74, 6) is 0.662. The average molecular weight is 340 g/mol. The number of nitrogen functional groups attached to an aromatic ring is 1. The Kier molecular flexibility index (Phi) is 7.33. The monoisotopic (exact) mass is 340 g/mol. The molecule has 0 radical (unpaired) electrons. The fraction of sp³-hybridized carbons (Fsp3) is 0.381. The van der Waals surface area contributed by atoms with Crippen LogP contribution in [-0.4, -0.2) is 12.5 Å². The van der Waals surface area contributed by atoms with Gasteiger partial charge in [-0.25, -0.2) is 0 Å². The molecule has 0 heterocycles. The van der Waals surface area contributed by atoms with Crippen LogP contribution in [0.15, 0.2) is 42.5 Å². The third-order valence-electron chi connectivity index (χ3n) is 4.13. The number of hydrogen-bond donors (Lipinski definition) is 2. The first-order valence-corrected chi connectivity index (χ1v) is 9.00. The second-order valence-electron chi connectivity index (χ2n) is 6.32. The van der Waals surface area contributed by atoms with Gasteiger partial charge in [0.1, 0.15) is 5.75 Å². The van der Waals surface area contributed by atoms with Gasteiger partial charge in [-0.1, -0.05) is 32.6 Å². The number of carbonyl (C=O) groups excluding carboxylic acids is 1. The zero-order chi connectivity index (χ0) is 18.1. The van der Waals surface area contributed by atoms with Crippen LogP contribution in [-0.2, 0) is 0 Å². The second kappa shape index (κ2) is 9.72. The highest BCUT2D eigenvalue weighted by Gasteiger charge is 2.08. The molecule has 1 amide bonds. The predicted octanol–water partition coefficient (Wildman–Crippen LogP) is 5.18. The number of nitrogens with one attached hydrogen (secondary N) is 1. The van der Waals surface area contributed by atoms with Crippen molar-refractivity contribution < 1.29 is 9.53 Å². The minimum absolute atomic E-state index is 0.140. The van der Waals surface area contributed by atoms with Gasteiger partial charge in [0.25, 0.3) is 5.91 Å². The van der Waals surface area contributed by atoms with Crippen molar-refractivity contribution in [1.29, 1.82) is 0 Å². The fourth-order valence-electron chi connectivity index (χ4n) is 2.62. The summed E-state index contributed by atoms with van der Waals surface area (Å²) in [6.07, 6.45) is 6.08. The summed E-state index contributed by atoms with van der Waals surface area (Å²) < 4.78 is 5.73. The standard InChI is InChI=1S/C21H28N2O2/c1-3-4-5-6-7-14-25-19-11-8-17(9-12-19)21(24)23-20-13-10-18(22)15-16(20)2/h8-13,15H,3-7,14,22H2,1-2H3,(H,23,24). The largest absolute Gasteiger partial charge is 0.494 e. The number of aryl methyl sites for hydroxylation is 1. The highest BCUT2D eigenvalue weighted by Crippen LogP contribution is 2.19. The Balaban J connectivity index is 1.83. The van der Waals surface area contributed by atoms with Crippen LogP contribution in [0, 0.1) is 6.92 Å². The van der Waals surface area contributed by atoms with Gasteiger partial charge >= 0.3 is 0 Å². The summed E-state index contributed by atoms with van der Waals surface area (Å²) >= 11 is 0. The van der Waals surface area contributed by atoms with Crippen molar-refractivity contribution in [1.82, 2.24) is 0 Å². The number of unbranched alkanes of at least 4 members (excludes halogenated alkanes) is 4. The Bertz CT molecular complexity index is 681. The topological polar surface area (TPSA) is 64.3 Å². The number of rotatable bonds is 9. The third kappa shape index (κ3) is 6.14. The van der Waals surface area contributed by atoms with Crippen molar-refractivity contribution in [3.05, 3.63) is 53.6 Å². The van der Waals surface area contributed by atoms with Crippen LogP contribution in [0.4, 0.5) is 11.4 Å². The number of ether oxygens (including phenoxy) is 1. The maximum Gasteiger partial charge on any atom is 0.255 e. The van der Waals surface area contributed by atoms with Crippen LogP contribution >= 0.6 is 0 Å². The van der Waals surface area contributed by atoms with E-state index in [4.69, 9.17) is 10.5 Å². The molecule has 0 aliphatic rings. The zero-order valence-corrected chi connectivity index (χ0v) is 15.2. The molecule has 2 rings (SSSR count). The molecule has 0 unspecified atom stereocenters. The molecule has 2 aromatic rings. The highest BCUT2D eigenvalue weighted by molar-refractivity contribution is 6.04. The summed E-state index contributed by atoms with van der Waals surface area (Å²) in [7, 11) is 0. The zero-order valence-electron chi connectivity index (χ0n) is 15.2. The molecular weight excluding hydrogens is 312 g/mol. The molecule has 0 aliphatic heterocycles. The molecule has 2 aromatic carbocycles. The molecule has 0 saturated heterocycles. The third-order valence-corrected chi connectivity index (χ3v) is 4.13. The summed E-state index contributed by atoms with van der Waals surface area (Å²) in [6.45, 7) is 4.85. The maximum atomic E-state index is 12.3.